The molecule has 0 bridgehead atoms. The van der Waals surface area contributed by atoms with Gasteiger partial charge >= 0.3 is 11.9 Å². The maximum absolute atomic E-state index is 11.7. The van der Waals surface area contributed by atoms with E-state index in [4.69, 9.17) is 42.6 Å². The Morgan fingerprint density at radius 1 is 0.529 bits per heavy atom. The summed E-state index contributed by atoms with van der Waals surface area (Å²) in [5.41, 5.74) is -0.00796. The minimum Gasteiger partial charge on any atom is -0.481 e. The van der Waals surface area contributed by atoms with E-state index in [1.807, 2.05) is 0 Å². The van der Waals surface area contributed by atoms with Crippen LogP contribution in [-0.2, 0) is 52.2 Å². The first-order valence-electron chi connectivity index (χ1n) is 24.3. The number of carbonyl (C=O) groups excluding carboxylic acids is 1. The maximum atomic E-state index is 11.7. The number of rotatable bonds is 27. The third kappa shape index (κ3) is 14.8. The number of carboxylic acid groups (broad SMARTS) is 1. The summed E-state index contributed by atoms with van der Waals surface area (Å²) in [7, 11) is 0. The van der Waals surface area contributed by atoms with E-state index in [9.17, 15) is 81.1 Å². The molecular formula is C45H76O25. The number of cyclic esters (lactones) is 1. The zero-order chi connectivity index (χ0) is 51.4. The van der Waals surface area contributed by atoms with Crippen LogP contribution in [0.5, 0.6) is 0 Å². The van der Waals surface area contributed by atoms with Crippen molar-refractivity contribution in [3.05, 3.63) is 12.2 Å². The van der Waals surface area contributed by atoms with Crippen LogP contribution in [0.2, 0.25) is 0 Å². The average molecular weight is 1020 g/mol. The molecule has 25 nitrogen and oxygen atoms in total. The van der Waals surface area contributed by atoms with Crippen molar-refractivity contribution in [1.29, 1.82) is 0 Å². The van der Waals surface area contributed by atoms with Gasteiger partial charge in [-0.2, -0.15) is 0 Å². The smallest absolute Gasteiger partial charge is 0.334 e. The topological polar surface area (TPSA) is 400 Å². The number of carbonyl (C=O) groups is 2. The molecule has 0 saturated carbocycles. The number of aliphatic hydroxyl groups excluding tert-OH is 13. The minimum absolute atomic E-state index is 0.00796. The zero-order valence-electron chi connectivity index (χ0n) is 39.3. The fraction of sp³-hybridized carbons (Fsp3) is 0.911. The molecule has 5 fully saturated rings. The first kappa shape index (κ1) is 58.7. The molecule has 5 rings (SSSR count). The van der Waals surface area contributed by atoms with E-state index < -0.39 is 179 Å². The summed E-state index contributed by atoms with van der Waals surface area (Å²) >= 11 is 0. The highest BCUT2D eigenvalue weighted by Gasteiger charge is 2.55. The third-order valence-corrected chi connectivity index (χ3v) is 13.7. The van der Waals surface area contributed by atoms with Crippen LogP contribution in [-0.4, -0.2) is 245 Å². The number of carboxylic acids is 1. The van der Waals surface area contributed by atoms with Gasteiger partial charge in [0.1, 0.15) is 110 Å². The predicted octanol–water partition coefficient (Wildman–Crippen LogP) is -4.08. The van der Waals surface area contributed by atoms with Gasteiger partial charge < -0.3 is 114 Å². The van der Waals surface area contributed by atoms with Crippen molar-refractivity contribution < 1.29 is 124 Å². The van der Waals surface area contributed by atoms with Gasteiger partial charge in [0.25, 0.3) is 0 Å². The molecule has 0 amide bonds. The van der Waals surface area contributed by atoms with Crippen molar-refractivity contribution in [2.24, 2.45) is 5.92 Å². The number of unbranched alkanes of at least 4 members (excludes halogenated alkanes) is 10. The molecule has 70 heavy (non-hydrogen) atoms. The van der Waals surface area contributed by atoms with Gasteiger partial charge in [-0.15, -0.1) is 0 Å². The number of aliphatic hydroxyl groups is 13. The lowest BCUT2D eigenvalue weighted by Gasteiger charge is -2.49. The van der Waals surface area contributed by atoms with Gasteiger partial charge in [-0.1, -0.05) is 70.8 Å². The molecule has 0 aromatic carbocycles. The Morgan fingerprint density at radius 3 is 1.46 bits per heavy atom. The lowest BCUT2D eigenvalue weighted by atomic mass is 9.93. The summed E-state index contributed by atoms with van der Waals surface area (Å²) in [5, 5.41) is 146. The summed E-state index contributed by atoms with van der Waals surface area (Å²) in [6.07, 6.45) is -24.9. The van der Waals surface area contributed by atoms with Crippen LogP contribution in [0.15, 0.2) is 12.2 Å². The third-order valence-electron chi connectivity index (χ3n) is 13.7. The summed E-state index contributed by atoms with van der Waals surface area (Å²) < 4.78 is 51.8. The van der Waals surface area contributed by atoms with Gasteiger partial charge in [-0.05, 0) is 26.2 Å². The van der Waals surface area contributed by atoms with Gasteiger partial charge in [0, 0.05) is 5.57 Å². The molecule has 25 heteroatoms. The number of hydrogen-bond donors (Lipinski definition) is 14. The molecule has 14 N–H and O–H groups in total. The molecule has 23 unspecified atom stereocenters. The van der Waals surface area contributed by atoms with Gasteiger partial charge in [-0.3, -0.25) is 4.79 Å². The van der Waals surface area contributed by atoms with Crippen LogP contribution < -0.4 is 0 Å². The second kappa shape index (κ2) is 27.9. The first-order valence-corrected chi connectivity index (χ1v) is 24.3. The second-order valence-corrected chi connectivity index (χ2v) is 18.9. The Labute approximate surface area is 405 Å². The molecule has 0 aliphatic carbocycles. The number of aliphatic carboxylic acids is 1. The summed E-state index contributed by atoms with van der Waals surface area (Å²) in [6, 6.07) is 0. The van der Waals surface area contributed by atoms with Crippen LogP contribution in [0.4, 0.5) is 0 Å². The average Bonchev–Trinajstić information content (AvgIpc) is 3.63. The summed E-state index contributed by atoms with van der Waals surface area (Å²) in [4.78, 5) is 23.2. The van der Waals surface area contributed by atoms with Crippen LogP contribution in [0.1, 0.15) is 90.4 Å². The molecule has 5 heterocycles. The number of ether oxygens (including phenoxy) is 9. The van der Waals surface area contributed by atoms with E-state index in [1.165, 1.54) is 0 Å². The monoisotopic (exact) mass is 1020 g/mol. The highest BCUT2D eigenvalue weighted by Crippen LogP contribution is 2.36. The SMILES string of the molecule is C=C1C(=O)OC(CCCCCCCCCCCCCC(C)OC2OC(CO)C(O)C(OC3OC(CO)C(O)C(O)C3O)C2OC2OC(COC3OC(CO)C(O)C(O)C3O)C(O)C(O)C2O)C1C(=O)O. The van der Waals surface area contributed by atoms with Crippen LogP contribution in [0, 0.1) is 5.92 Å². The van der Waals surface area contributed by atoms with Gasteiger partial charge in [0.15, 0.2) is 25.2 Å². The van der Waals surface area contributed by atoms with Crippen molar-refractivity contribution in [3.8, 4) is 0 Å². The fourth-order valence-corrected chi connectivity index (χ4v) is 9.33. The maximum Gasteiger partial charge on any atom is 0.334 e. The second-order valence-electron chi connectivity index (χ2n) is 18.9. The quantitative estimate of drug-likeness (QED) is 0.0211. The molecule has 0 aromatic rings. The number of esters is 1. The van der Waals surface area contributed by atoms with Gasteiger partial charge in [0.2, 0.25) is 0 Å². The molecular weight excluding hydrogens is 940 g/mol. The Balaban J connectivity index is 1.16. The summed E-state index contributed by atoms with van der Waals surface area (Å²) in [6.45, 7) is 2.19. The van der Waals surface area contributed by atoms with Crippen LogP contribution in [0.25, 0.3) is 0 Å². The molecule has 23 atom stereocenters. The molecule has 5 aliphatic rings. The highest BCUT2D eigenvalue weighted by atomic mass is 16.8. The van der Waals surface area contributed by atoms with Gasteiger partial charge in [0.05, 0.1) is 32.5 Å². The van der Waals surface area contributed by atoms with E-state index in [0.717, 1.165) is 64.2 Å². The summed E-state index contributed by atoms with van der Waals surface area (Å²) in [5.74, 6) is -2.74. The Hall–Kier alpha value is -2.16. The predicted molar refractivity (Wildman–Crippen MR) is 232 cm³/mol. The highest BCUT2D eigenvalue weighted by molar-refractivity contribution is 5.97. The van der Waals surface area contributed by atoms with Crippen molar-refractivity contribution in [1.82, 2.24) is 0 Å². The molecule has 0 aromatic heterocycles. The van der Waals surface area contributed by atoms with Crippen LogP contribution >= 0.6 is 0 Å². The van der Waals surface area contributed by atoms with Crippen molar-refractivity contribution in [3.63, 3.8) is 0 Å². The normalized spacial score (nSPS) is 41.9. The van der Waals surface area contributed by atoms with Crippen molar-refractivity contribution >= 4 is 11.9 Å². The van der Waals surface area contributed by atoms with E-state index >= 15 is 0 Å². The zero-order valence-corrected chi connectivity index (χ0v) is 39.3. The Bertz CT molecular complexity index is 1590. The lowest BCUT2D eigenvalue weighted by molar-refractivity contribution is -0.396. The van der Waals surface area contributed by atoms with E-state index in [1.54, 1.807) is 6.92 Å². The largest absolute Gasteiger partial charge is 0.481 e. The Morgan fingerprint density at radius 2 is 0.943 bits per heavy atom. The van der Waals surface area contributed by atoms with E-state index in [-0.39, 0.29) is 5.57 Å². The molecule has 5 aliphatic heterocycles. The minimum atomic E-state index is -2.02. The molecule has 5 saturated heterocycles. The van der Waals surface area contributed by atoms with E-state index in [2.05, 4.69) is 6.58 Å². The van der Waals surface area contributed by atoms with E-state index in [0.29, 0.717) is 19.3 Å². The first-order chi connectivity index (χ1) is 33.3. The molecule has 406 valence electrons. The number of hydrogen-bond acceptors (Lipinski definition) is 24. The fourth-order valence-electron chi connectivity index (χ4n) is 9.33. The Kier molecular flexibility index (Phi) is 23.4. The van der Waals surface area contributed by atoms with Crippen molar-refractivity contribution in [2.75, 3.05) is 26.4 Å². The van der Waals surface area contributed by atoms with Crippen molar-refractivity contribution in [2.45, 2.75) is 225 Å². The molecule has 0 radical (unpaired) electrons. The standard InChI is InChI=1S/C45H76O25/c1-20(14-12-10-8-6-4-3-5-7-9-11-13-15-22-27(40(59)60)21(2)41(61)64-22)63-45-39(38(31(52)25(18-48)67-45)69-43-36(57)33(54)29(50)24(17-47)66-43)70-44-37(58)34(55)30(51)26(68-44)19-62-42-35(56)32(53)28(49)23(16-46)65-42/h20,22-39,42-58H,2-19H2,1H3,(H,59,60). The van der Waals surface area contributed by atoms with Crippen LogP contribution in [0.3, 0.4) is 0 Å². The van der Waals surface area contributed by atoms with Gasteiger partial charge in [-0.25, -0.2) is 4.79 Å². The lowest BCUT2D eigenvalue weighted by Crippen LogP contribution is -2.67. The molecule has 0 spiro atoms.